The predicted octanol–water partition coefficient (Wildman–Crippen LogP) is 4.95. The van der Waals surface area contributed by atoms with Gasteiger partial charge in [0.2, 0.25) is 0 Å². The first-order chi connectivity index (χ1) is 6.24. The summed E-state index contributed by atoms with van der Waals surface area (Å²) in [6.07, 6.45) is 10.4. The second kappa shape index (κ2) is 8.34. The molecule has 0 fully saturated rings. The van der Waals surface area contributed by atoms with Crippen molar-refractivity contribution in [2.75, 3.05) is 0 Å². The second-order valence-electron chi connectivity index (χ2n) is 4.08. The van der Waals surface area contributed by atoms with Gasteiger partial charge in [0.1, 0.15) is 0 Å². The Morgan fingerprint density at radius 3 is 2.38 bits per heavy atom. The quantitative estimate of drug-likeness (QED) is 0.489. The van der Waals surface area contributed by atoms with Crippen LogP contribution in [0.5, 0.6) is 0 Å². The molecule has 1 unspecified atom stereocenters. The third-order valence-corrected chi connectivity index (χ3v) is 2.71. The zero-order chi connectivity index (χ0) is 10.1. The van der Waals surface area contributed by atoms with Crippen LogP contribution >= 0.6 is 0 Å². The molecule has 0 aliphatic carbocycles. The average Bonchev–Trinajstić information content (AvgIpc) is 2.12. The molecule has 0 heterocycles. The number of hydrogen-bond donors (Lipinski definition) is 0. The Balaban J connectivity index is 3.75. The Morgan fingerprint density at radius 2 is 1.92 bits per heavy atom. The van der Waals surface area contributed by atoms with Gasteiger partial charge in [-0.15, -0.1) is 0 Å². The molecule has 0 saturated carbocycles. The second-order valence-corrected chi connectivity index (χ2v) is 4.08. The van der Waals surface area contributed by atoms with E-state index in [1.807, 2.05) is 0 Å². The Hall–Kier alpha value is -0.260. The summed E-state index contributed by atoms with van der Waals surface area (Å²) in [5.41, 5.74) is 1.59. The summed E-state index contributed by atoms with van der Waals surface area (Å²) >= 11 is 0. The molecule has 13 heavy (non-hydrogen) atoms. The highest BCUT2D eigenvalue weighted by molar-refractivity contribution is 4.98. The van der Waals surface area contributed by atoms with E-state index in [1.165, 1.54) is 38.5 Å². The summed E-state index contributed by atoms with van der Waals surface area (Å²) in [6.45, 7) is 9.09. The zero-order valence-corrected chi connectivity index (χ0v) is 9.90. The summed E-state index contributed by atoms with van der Waals surface area (Å²) in [7, 11) is 0. The van der Waals surface area contributed by atoms with Crippen LogP contribution < -0.4 is 0 Å². The van der Waals surface area contributed by atoms with E-state index in [9.17, 15) is 0 Å². The molecule has 0 aromatic rings. The molecular weight excluding hydrogens is 156 g/mol. The van der Waals surface area contributed by atoms with Gasteiger partial charge in [0.15, 0.2) is 0 Å². The van der Waals surface area contributed by atoms with Gasteiger partial charge >= 0.3 is 0 Å². The van der Waals surface area contributed by atoms with Crippen molar-refractivity contribution >= 4 is 0 Å². The van der Waals surface area contributed by atoms with Crippen LogP contribution in [0.15, 0.2) is 11.6 Å². The largest absolute Gasteiger partial charge is 0.0859 e. The first-order valence-electron chi connectivity index (χ1n) is 5.90. The SMILES string of the molecule is CCC=C(C)CC(CC)CCCC. The minimum atomic E-state index is 0.933. The van der Waals surface area contributed by atoms with E-state index >= 15 is 0 Å². The third kappa shape index (κ3) is 6.86. The number of allylic oxidation sites excluding steroid dienone is 2. The highest BCUT2D eigenvalue weighted by atomic mass is 14.1. The predicted molar refractivity (Wildman–Crippen MR) is 62.0 cm³/mol. The van der Waals surface area contributed by atoms with E-state index < -0.39 is 0 Å². The smallest absolute Gasteiger partial charge is 0.0295 e. The Labute approximate surface area is 84.4 Å². The molecule has 0 saturated heterocycles. The minimum Gasteiger partial charge on any atom is -0.0859 e. The van der Waals surface area contributed by atoms with Crippen molar-refractivity contribution in [1.29, 1.82) is 0 Å². The van der Waals surface area contributed by atoms with Crippen molar-refractivity contribution in [2.45, 2.75) is 66.2 Å². The maximum atomic E-state index is 2.37. The molecule has 0 heteroatoms. The fraction of sp³-hybridized carbons (Fsp3) is 0.846. The first kappa shape index (κ1) is 12.7. The molecule has 0 nitrogen and oxygen atoms in total. The molecule has 0 amide bonds. The van der Waals surface area contributed by atoms with Crippen LogP contribution in [-0.4, -0.2) is 0 Å². The van der Waals surface area contributed by atoms with Gasteiger partial charge in [-0.3, -0.25) is 0 Å². The molecule has 1 atom stereocenters. The van der Waals surface area contributed by atoms with E-state index in [-0.39, 0.29) is 0 Å². The Bertz CT molecular complexity index is 133. The van der Waals surface area contributed by atoms with Crippen molar-refractivity contribution in [1.82, 2.24) is 0 Å². The van der Waals surface area contributed by atoms with Crippen LogP contribution in [0.1, 0.15) is 66.2 Å². The standard InChI is InChI=1S/C13H26/c1-5-8-10-13(7-3)11-12(4)9-6-2/h9,13H,5-8,10-11H2,1-4H3. The van der Waals surface area contributed by atoms with Gasteiger partial charge in [-0.1, -0.05) is 58.1 Å². The highest BCUT2D eigenvalue weighted by Gasteiger charge is 2.05. The van der Waals surface area contributed by atoms with E-state index in [0.29, 0.717) is 0 Å². The van der Waals surface area contributed by atoms with Gasteiger partial charge in [0, 0.05) is 0 Å². The van der Waals surface area contributed by atoms with Gasteiger partial charge in [-0.25, -0.2) is 0 Å². The summed E-state index contributed by atoms with van der Waals surface area (Å²) in [5.74, 6) is 0.933. The molecule has 0 N–H and O–H groups in total. The van der Waals surface area contributed by atoms with Gasteiger partial charge in [0.25, 0.3) is 0 Å². The van der Waals surface area contributed by atoms with Crippen LogP contribution in [0.25, 0.3) is 0 Å². The number of hydrogen-bond acceptors (Lipinski definition) is 0. The highest BCUT2D eigenvalue weighted by Crippen LogP contribution is 2.21. The van der Waals surface area contributed by atoms with Crippen LogP contribution in [0, 0.1) is 5.92 Å². The number of rotatable bonds is 7. The lowest BCUT2D eigenvalue weighted by atomic mass is 9.92. The lowest BCUT2D eigenvalue weighted by Crippen LogP contribution is -1.99. The van der Waals surface area contributed by atoms with Gasteiger partial charge in [-0.05, 0) is 25.7 Å². The van der Waals surface area contributed by atoms with E-state index in [0.717, 1.165) is 5.92 Å². The summed E-state index contributed by atoms with van der Waals surface area (Å²) < 4.78 is 0. The first-order valence-corrected chi connectivity index (χ1v) is 5.90. The molecule has 0 rings (SSSR count). The molecule has 0 aromatic carbocycles. The van der Waals surface area contributed by atoms with Crippen LogP contribution in [0.4, 0.5) is 0 Å². The molecule has 0 spiro atoms. The van der Waals surface area contributed by atoms with Crippen molar-refractivity contribution in [3.05, 3.63) is 11.6 Å². The lowest BCUT2D eigenvalue weighted by Gasteiger charge is -2.14. The van der Waals surface area contributed by atoms with Crippen molar-refractivity contribution in [2.24, 2.45) is 5.92 Å². The van der Waals surface area contributed by atoms with Crippen LogP contribution in [-0.2, 0) is 0 Å². The van der Waals surface area contributed by atoms with E-state index in [4.69, 9.17) is 0 Å². The lowest BCUT2D eigenvalue weighted by molar-refractivity contribution is 0.447. The zero-order valence-electron chi connectivity index (χ0n) is 9.90. The topological polar surface area (TPSA) is 0 Å². The Kier molecular flexibility index (Phi) is 8.18. The normalized spacial score (nSPS) is 14.6. The van der Waals surface area contributed by atoms with Crippen LogP contribution in [0.2, 0.25) is 0 Å². The minimum absolute atomic E-state index is 0.933. The van der Waals surface area contributed by atoms with Crippen molar-refractivity contribution < 1.29 is 0 Å². The maximum Gasteiger partial charge on any atom is -0.0295 e. The number of unbranched alkanes of at least 4 members (excludes halogenated alkanes) is 1. The summed E-state index contributed by atoms with van der Waals surface area (Å²) in [5, 5.41) is 0. The molecule has 0 bridgehead atoms. The molecule has 0 aliphatic rings. The van der Waals surface area contributed by atoms with Crippen molar-refractivity contribution in [3.8, 4) is 0 Å². The molecule has 0 aliphatic heterocycles. The van der Waals surface area contributed by atoms with Crippen molar-refractivity contribution in [3.63, 3.8) is 0 Å². The average molecular weight is 182 g/mol. The molecule has 0 radical (unpaired) electrons. The molecule has 78 valence electrons. The van der Waals surface area contributed by atoms with E-state index in [1.54, 1.807) is 5.57 Å². The fourth-order valence-corrected chi connectivity index (χ4v) is 1.83. The van der Waals surface area contributed by atoms with Gasteiger partial charge in [-0.2, -0.15) is 0 Å². The summed E-state index contributed by atoms with van der Waals surface area (Å²) in [4.78, 5) is 0. The maximum absolute atomic E-state index is 2.37. The van der Waals surface area contributed by atoms with Gasteiger partial charge < -0.3 is 0 Å². The van der Waals surface area contributed by atoms with Gasteiger partial charge in [0.05, 0.1) is 0 Å². The monoisotopic (exact) mass is 182 g/mol. The fourth-order valence-electron chi connectivity index (χ4n) is 1.83. The van der Waals surface area contributed by atoms with E-state index in [2.05, 4.69) is 33.8 Å². The summed E-state index contributed by atoms with van der Waals surface area (Å²) in [6, 6.07) is 0. The molecular formula is C13H26. The Morgan fingerprint density at radius 1 is 1.23 bits per heavy atom. The molecule has 0 aromatic heterocycles. The third-order valence-electron chi connectivity index (χ3n) is 2.71. The van der Waals surface area contributed by atoms with Crippen LogP contribution in [0.3, 0.4) is 0 Å².